The Morgan fingerprint density at radius 3 is 2.94 bits per heavy atom. The van der Waals surface area contributed by atoms with Gasteiger partial charge in [0.25, 0.3) is 0 Å². The molecule has 1 fully saturated rings. The van der Waals surface area contributed by atoms with Gasteiger partial charge >= 0.3 is 0 Å². The Kier molecular flexibility index (Phi) is 5.49. The molecule has 16 heavy (non-hydrogen) atoms. The van der Waals surface area contributed by atoms with E-state index < -0.39 is 0 Å². The van der Waals surface area contributed by atoms with E-state index in [0.29, 0.717) is 6.54 Å². The number of rotatable bonds is 5. The summed E-state index contributed by atoms with van der Waals surface area (Å²) in [6.07, 6.45) is 0.978. The molecule has 1 atom stereocenters. The van der Waals surface area contributed by atoms with E-state index >= 15 is 0 Å². The molecular weight excluding hydrogens is 202 g/mol. The van der Waals surface area contributed by atoms with Crippen LogP contribution < -0.4 is 10.6 Å². The van der Waals surface area contributed by atoms with Crippen molar-refractivity contribution in [1.29, 1.82) is 0 Å². The molecule has 1 aliphatic rings. The number of nitrogens with one attached hydrogen (secondary N) is 2. The van der Waals surface area contributed by atoms with Crippen LogP contribution in [0, 0.1) is 0 Å². The highest BCUT2D eigenvalue weighted by atomic mass is 16.2. The van der Waals surface area contributed by atoms with Crippen LogP contribution in [0.1, 0.15) is 20.3 Å². The van der Waals surface area contributed by atoms with Crippen molar-refractivity contribution in [1.82, 2.24) is 15.5 Å². The number of nitrogens with zero attached hydrogens (tertiary/aromatic N) is 1. The van der Waals surface area contributed by atoms with Crippen LogP contribution in [0.2, 0.25) is 0 Å². The van der Waals surface area contributed by atoms with Crippen LogP contribution in [0.5, 0.6) is 0 Å². The number of hydrogen-bond donors (Lipinski definition) is 2. The quantitative estimate of drug-likeness (QED) is 0.664. The van der Waals surface area contributed by atoms with Gasteiger partial charge in [-0.1, -0.05) is 19.1 Å². The largest absolute Gasteiger partial charge is 0.355 e. The number of hydrogen-bond acceptors (Lipinski definition) is 3. The van der Waals surface area contributed by atoms with Crippen molar-refractivity contribution in [3.63, 3.8) is 0 Å². The smallest absolute Gasteiger partial charge is 0.238 e. The van der Waals surface area contributed by atoms with Crippen molar-refractivity contribution in [2.45, 2.75) is 26.3 Å². The first-order chi connectivity index (χ1) is 7.69. The van der Waals surface area contributed by atoms with Gasteiger partial charge in [-0.05, 0) is 13.3 Å². The Morgan fingerprint density at radius 1 is 1.56 bits per heavy atom. The summed E-state index contributed by atoms with van der Waals surface area (Å²) < 4.78 is 0. The Bertz CT molecular complexity index is 253. The van der Waals surface area contributed by atoms with Gasteiger partial charge < -0.3 is 10.6 Å². The zero-order valence-electron chi connectivity index (χ0n) is 10.4. The van der Waals surface area contributed by atoms with Gasteiger partial charge in [0, 0.05) is 32.7 Å². The molecule has 0 radical (unpaired) electrons. The average Bonchev–Trinajstić information content (AvgIpc) is 2.30. The Balaban J connectivity index is 2.56. The summed E-state index contributed by atoms with van der Waals surface area (Å²) in [5.74, 6) is 0.124. The summed E-state index contributed by atoms with van der Waals surface area (Å²) in [5, 5.41) is 6.15. The third-order valence-corrected chi connectivity index (χ3v) is 2.93. The van der Waals surface area contributed by atoms with Crippen LogP contribution in [0.25, 0.3) is 0 Å². The highest BCUT2D eigenvalue weighted by Gasteiger charge is 2.27. The Hall–Kier alpha value is -0.870. The minimum atomic E-state index is -0.0444. The zero-order chi connectivity index (χ0) is 12.0. The Labute approximate surface area is 98.1 Å². The number of carbonyl (C=O) groups excluding carboxylic acids is 1. The van der Waals surface area contributed by atoms with E-state index in [9.17, 15) is 4.79 Å². The third kappa shape index (κ3) is 3.61. The lowest BCUT2D eigenvalue weighted by Gasteiger charge is -2.35. The van der Waals surface area contributed by atoms with E-state index in [1.54, 1.807) is 0 Å². The van der Waals surface area contributed by atoms with E-state index in [-0.39, 0.29) is 11.9 Å². The summed E-state index contributed by atoms with van der Waals surface area (Å²) in [6.45, 7) is 12.2. The molecule has 92 valence electrons. The van der Waals surface area contributed by atoms with Crippen LogP contribution >= 0.6 is 0 Å². The first-order valence-electron chi connectivity index (χ1n) is 6.08. The van der Waals surface area contributed by atoms with E-state index in [1.165, 1.54) is 5.57 Å². The van der Waals surface area contributed by atoms with E-state index in [1.807, 2.05) is 6.92 Å². The molecule has 0 saturated carbocycles. The number of carbonyl (C=O) groups is 1. The van der Waals surface area contributed by atoms with Crippen LogP contribution in [-0.4, -0.2) is 49.6 Å². The Morgan fingerprint density at radius 2 is 2.31 bits per heavy atom. The maximum absolute atomic E-state index is 11.9. The summed E-state index contributed by atoms with van der Waals surface area (Å²) in [5.41, 5.74) is 1.19. The van der Waals surface area contributed by atoms with E-state index in [0.717, 1.165) is 32.6 Å². The summed E-state index contributed by atoms with van der Waals surface area (Å²) in [6, 6.07) is -0.0444. The van der Waals surface area contributed by atoms with E-state index in [4.69, 9.17) is 0 Å². The molecular formula is C12H23N3O. The van der Waals surface area contributed by atoms with Crippen molar-refractivity contribution < 1.29 is 4.79 Å². The van der Waals surface area contributed by atoms with Gasteiger partial charge in [0.2, 0.25) is 5.91 Å². The van der Waals surface area contributed by atoms with Crippen LogP contribution in [0.3, 0.4) is 0 Å². The van der Waals surface area contributed by atoms with Gasteiger partial charge in [-0.25, -0.2) is 0 Å². The second-order valence-corrected chi connectivity index (χ2v) is 4.19. The zero-order valence-corrected chi connectivity index (χ0v) is 10.4. The molecule has 1 heterocycles. The molecule has 0 aliphatic carbocycles. The molecule has 1 rings (SSSR count). The van der Waals surface area contributed by atoms with Gasteiger partial charge in [-0.2, -0.15) is 0 Å². The molecule has 0 aromatic carbocycles. The average molecular weight is 225 g/mol. The fourth-order valence-corrected chi connectivity index (χ4v) is 1.89. The molecule has 4 heteroatoms. The maximum atomic E-state index is 11.9. The van der Waals surface area contributed by atoms with Gasteiger partial charge in [-0.3, -0.25) is 9.69 Å². The molecule has 1 unspecified atom stereocenters. The fourth-order valence-electron chi connectivity index (χ4n) is 1.89. The summed E-state index contributed by atoms with van der Waals surface area (Å²) in [7, 11) is 0. The predicted octanol–water partition coefficient (Wildman–Crippen LogP) is 0.363. The molecule has 1 amide bonds. The molecule has 4 nitrogen and oxygen atoms in total. The van der Waals surface area contributed by atoms with Crippen LogP contribution in [0.4, 0.5) is 0 Å². The lowest BCUT2D eigenvalue weighted by atomic mass is 10.1. The van der Waals surface area contributed by atoms with Gasteiger partial charge in [0.05, 0.1) is 0 Å². The summed E-state index contributed by atoms with van der Waals surface area (Å²) in [4.78, 5) is 14.1. The van der Waals surface area contributed by atoms with E-state index in [2.05, 4.69) is 29.0 Å². The minimum absolute atomic E-state index is 0.0444. The molecule has 0 aromatic heterocycles. The number of likely N-dealkylation sites (N-methyl/N-ethyl adjacent to an activating group) is 1. The predicted molar refractivity (Wildman–Crippen MR) is 66.3 cm³/mol. The molecule has 0 spiro atoms. The molecule has 0 bridgehead atoms. The molecule has 1 saturated heterocycles. The highest BCUT2D eigenvalue weighted by Crippen LogP contribution is 2.08. The van der Waals surface area contributed by atoms with Crippen molar-refractivity contribution >= 4 is 5.91 Å². The SMILES string of the molecule is C=C(CC)CN1CCNCC1C(=O)NCC. The van der Waals surface area contributed by atoms with Crippen molar-refractivity contribution in [2.24, 2.45) is 0 Å². The standard InChI is InChI=1S/C12H23N3O/c1-4-10(3)9-15-7-6-13-8-11(15)12(16)14-5-2/h11,13H,3-9H2,1-2H3,(H,14,16). The van der Waals surface area contributed by atoms with Gasteiger partial charge in [-0.15, -0.1) is 0 Å². The lowest BCUT2D eigenvalue weighted by Crippen LogP contribution is -2.58. The van der Waals surface area contributed by atoms with Crippen LogP contribution in [-0.2, 0) is 4.79 Å². The third-order valence-electron chi connectivity index (χ3n) is 2.93. The van der Waals surface area contributed by atoms with Crippen LogP contribution in [0.15, 0.2) is 12.2 Å². The highest BCUT2D eigenvalue weighted by molar-refractivity contribution is 5.82. The summed E-state index contributed by atoms with van der Waals surface area (Å²) >= 11 is 0. The molecule has 0 aromatic rings. The maximum Gasteiger partial charge on any atom is 0.238 e. The second-order valence-electron chi connectivity index (χ2n) is 4.19. The molecule has 1 aliphatic heterocycles. The normalized spacial score (nSPS) is 21.8. The first kappa shape index (κ1) is 13.2. The topological polar surface area (TPSA) is 44.4 Å². The van der Waals surface area contributed by atoms with Gasteiger partial charge in [0.1, 0.15) is 6.04 Å². The first-order valence-corrected chi connectivity index (χ1v) is 6.08. The second kappa shape index (κ2) is 6.66. The van der Waals surface area contributed by atoms with Crippen molar-refractivity contribution in [3.8, 4) is 0 Å². The van der Waals surface area contributed by atoms with Crippen molar-refractivity contribution in [3.05, 3.63) is 12.2 Å². The fraction of sp³-hybridized carbons (Fsp3) is 0.750. The molecule has 2 N–H and O–H groups in total. The lowest BCUT2D eigenvalue weighted by molar-refractivity contribution is -0.126. The monoisotopic (exact) mass is 225 g/mol. The van der Waals surface area contributed by atoms with Gasteiger partial charge in [0.15, 0.2) is 0 Å². The van der Waals surface area contributed by atoms with Crippen molar-refractivity contribution in [2.75, 3.05) is 32.7 Å². The number of piperazine rings is 1. The minimum Gasteiger partial charge on any atom is -0.355 e. The number of amides is 1.